The first-order valence-corrected chi connectivity index (χ1v) is 6.15. The van der Waals surface area contributed by atoms with Gasteiger partial charge in [-0.05, 0) is 23.6 Å². The summed E-state index contributed by atoms with van der Waals surface area (Å²) < 4.78 is 0. The summed E-state index contributed by atoms with van der Waals surface area (Å²) in [6.07, 6.45) is 0. The van der Waals surface area contributed by atoms with E-state index in [4.69, 9.17) is 0 Å². The van der Waals surface area contributed by atoms with Crippen molar-refractivity contribution < 1.29 is 4.79 Å². The van der Waals surface area contributed by atoms with Crippen LogP contribution in [-0.4, -0.2) is 12.5 Å². The van der Waals surface area contributed by atoms with Crippen molar-refractivity contribution in [3.63, 3.8) is 0 Å². The Kier molecular flexibility index (Phi) is 4.13. The molecular weight excluding hydrogens is 222 g/mol. The number of nitrogens with one attached hydrogen (secondary N) is 1. The molecule has 2 rings (SSSR count). The zero-order valence-electron chi connectivity index (χ0n) is 10.5. The maximum Gasteiger partial charge on any atom is 0.251 e. The molecule has 0 aromatic heterocycles. The molecule has 0 aliphatic heterocycles. The molecule has 0 fully saturated rings. The van der Waals surface area contributed by atoms with Crippen molar-refractivity contribution >= 4 is 5.91 Å². The van der Waals surface area contributed by atoms with Crippen LogP contribution in [0.25, 0.3) is 0 Å². The fraction of sp³-hybridized carbons (Fsp3) is 0.188. The second kappa shape index (κ2) is 6.01. The van der Waals surface area contributed by atoms with Crippen molar-refractivity contribution in [3.8, 4) is 0 Å². The molecule has 2 heteroatoms. The minimum Gasteiger partial charge on any atom is -0.351 e. The summed E-state index contributed by atoms with van der Waals surface area (Å²) in [5.74, 6) is 0.303. The second-order valence-corrected chi connectivity index (χ2v) is 4.39. The normalized spacial score (nSPS) is 11.8. The highest BCUT2D eigenvalue weighted by molar-refractivity contribution is 5.94. The van der Waals surface area contributed by atoms with Crippen LogP contribution in [0.5, 0.6) is 0 Å². The van der Waals surface area contributed by atoms with Crippen LogP contribution in [0.4, 0.5) is 0 Å². The van der Waals surface area contributed by atoms with Crippen LogP contribution >= 0.6 is 0 Å². The highest BCUT2D eigenvalue weighted by Crippen LogP contribution is 2.13. The van der Waals surface area contributed by atoms with E-state index in [1.54, 1.807) is 0 Å². The van der Waals surface area contributed by atoms with E-state index in [0.29, 0.717) is 18.0 Å². The molecule has 2 aromatic rings. The van der Waals surface area contributed by atoms with E-state index in [2.05, 4.69) is 24.4 Å². The first kappa shape index (κ1) is 12.4. The Morgan fingerprint density at radius 2 is 1.56 bits per heavy atom. The topological polar surface area (TPSA) is 29.1 Å². The summed E-state index contributed by atoms with van der Waals surface area (Å²) >= 11 is 0. The van der Waals surface area contributed by atoms with Gasteiger partial charge in [0.2, 0.25) is 0 Å². The van der Waals surface area contributed by atoms with E-state index in [1.807, 2.05) is 48.5 Å². The van der Waals surface area contributed by atoms with Crippen LogP contribution in [0.1, 0.15) is 28.8 Å². The Morgan fingerprint density at radius 1 is 1.00 bits per heavy atom. The SMILES string of the molecule is CC(CNC(=O)c1ccccc1)c1ccccc1. The van der Waals surface area contributed by atoms with Gasteiger partial charge >= 0.3 is 0 Å². The zero-order valence-corrected chi connectivity index (χ0v) is 10.5. The van der Waals surface area contributed by atoms with E-state index >= 15 is 0 Å². The van der Waals surface area contributed by atoms with Crippen LogP contribution in [0.2, 0.25) is 0 Å². The first-order valence-electron chi connectivity index (χ1n) is 6.15. The summed E-state index contributed by atoms with van der Waals surface area (Å²) in [5, 5.41) is 2.96. The van der Waals surface area contributed by atoms with Crippen molar-refractivity contribution in [2.75, 3.05) is 6.54 Å². The van der Waals surface area contributed by atoms with Gasteiger partial charge in [0, 0.05) is 12.1 Å². The molecule has 0 aliphatic carbocycles. The Hall–Kier alpha value is -2.09. The van der Waals surface area contributed by atoms with E-state index in [9.17, 15) is 4.79 Å². The number of hydrogen-bond acceptors (Lipinski definition) is 1. The third-order valence-electron chi connectivity index (χ3n) is 2.97. The standard InChI is InChI=1S/C16H17NO/c1-13(14-8-4-2-5-9-14)12-17-16(18)15-10-6-3-7-11-15/h2-11,13H,12H2,1H3,(H,17,18). The Morgan fingerprint density at radius 3 is 2.17 bits per heavy atom. The lowest BCUT2D eigenvalue weighted by Crippen LogP contribution is -2.27. The summed E-state index contributed by atoms with van der Waals surface area (Å²) in [6.45, 7) is 2.76. The smallest absolute Gasteiger partial charge is 0.251 e. The number of benzene rings is 2. The van der Waals surface area contributed by atoms with Gasteiger partial charge in [0.15, 0.2) is 0 Å². The van der Waals surface area contributed by atoms with Crippen molar-refractivity contribution in [2.24, 2.45) is 0 Å². The largest absolute Gasteiger partial charge is 0.351 e. The van der Waals surface area contributed by atoms with Gasteiger partial charge in [0.05, 0.1) is 0 Å². The lowest BCUT2D eigenvalue weighted by molar-refractivity contribution is 0.0951. The molecule has 0 heterocycles. The minimum atomic E-state index is -0.0154. The molecule has 1 N–H and O–H groups in total. The highest BCUT2D eigenvalue weighted by atomic mass is 16.1. The Labute approximate surface area is 108 Å². The molecule has 0 saturated carbocycles. The van der Waals surface area contributed by atoms with Crippen molar-refractivity contribution in [1.82, 2.24) is 5.32 Å². The predicted octanol–water partition coefficient (Wildman–Crippen LogP) is 3.22. The van der Waals surface area contributed by atoms with Crippen LogP contribution < -0.4 is 5.32 Å². The molecule has 0 spiro atoms. The van der Waals surface area contributed by atoms with Crippen LogP contribution in [0, 0.1) is 0 Å². The molecule has 0 bridgehead atoms. The Bertz CT molecular complexity index is 493. The van der Waals surface area contributed by atoms with Crippen molar-refractivity contribution in [2.45, 2.75) is 12.8 Å². The quantitative estimate of drug-likeness (QED) is 0.872. The molecule has 92 valence electrons. The molecule has 0 aliphatic rings. The molecule has 1 unspecified atom stereocenters. The molecule has 1 amide bonds. The van der Waals surface area contributed by atoms with E-state index in [-0.39, 0.29) is 5.91 Å². The molecule has 0 radical (unpaired) electrons. The lowest BCUT2D eigenvalue weighted by atomic mass is 10.0. The second-order valence-electron chi connectivity index (χ2n) is 4.39. The maximum atomic E-state index is 11.9. The maximum absolute atomic E-state index is 11.9. The van der Waals surface area contributed by atoms with E-state index in [1.165, 1.54) is 5.56 Å². The van der Waals surface area contributed by atoms with Crippen LogP contribution in [0.15, 0.2) is 60.7 Å². The number of carbonyl (C=O) groups is 1. The molecule has 0 saturated heterocycles. The lowest BCUT2D eigenvalue weighted by Gasteiger charge is -2.13. The molecule has 18 heavy (non-hydrogen) atoms. The fourth-order valence-electron chi connectivity index (χ4n) is 1.84. The van der Waals surface area contributed by atoms with Crippen molar-refractivity contribution in [3.05, 3.63) is 71.8 Å². The first-order chi connectivity index (χ1) is 8.77. The van der Waals surface area contributed by atoms with Crippen molar-refractivity contribution in [1.29, 1.82) is 0 Å². The third-order valence-corrected chi connectivity index (χ3v) is 2.97. The van der Waals surface area contributed by atoms with Gasteiger partial charge in [0.1, 0.15) is 0 Å². The van der Waals surface area contributed by atoms with Gasteiger partial charge in [-0.15, -0.1) is 0 Å². The van der Waals surface area contributed by atoms with Gasteiger partial charge in [-0.2, -0.15) is 0 Å². The summed E-state index contributed by atoms with van der Waals surface area (Å²) in [5.41, 5.74) is 1.95. The molecule has 2 nitrogen and oxygen atoms in total. The average Bonchev–Trinajstić information content (AvgIpc) is 2.46. The minimum absolute atomic E-state index is 0.0154. The van der Waals surface area contributed by atoms with Crippen LogP contribution in [-0.2, 0) is 0 Å². The molecule has 1 atom stereocenters. The average molecular weight is 239 g/mol. The van der Waals surface area contributed by atoms with Crippen LogP contribution in [0.3, 0.4) is 0 Å². The zero-order chi connectivity index (χ0) is 12.8. The predicted molar refractivity (Wildman–Crippen MR) is 73.6 cm³/mol. The number of hydrogen-bond donors (Lipinski definition) is 1. The van der Waals surface area contributed by atoms with Gasteiger partial charge in [-0.25, -0.2) is 0 Å². The fourth-order valence-corrected chi connectivity index (χ4v) is 1.84. The van der Waals surface area contributed by atoms with Gasteiger partial charge < -0.3 is 5.32 Å². The van der Waals surface area contributed by atoms with Gasteiger partial charge in [-0.1, -0.05) is 55.5 Å². The summed E-state index contributed by atoms with van der Waals surface area (Å²) in [7, 11) is 0. The third kappa shape index (κ3) is 3.20. The number of rotatable bonds is 4. The monoisotopic (exact) mass is 239 g/mol. The summed E-state index contributed by atoms with van der Waals surface area (Å²) in [6, 6.07) is 19.5. The Balaban J connectivity index is 1.91. The van der Waals surface area contributed by atoms with E-state index in [0.717, 1.165) is 0 Å². The number of carbonyl (C=O) groups excluding carboxylic acids is 1. The van der Waals surface area contributed by atoms with E-state index < -0.39 is 0 Å². The molecular formula is C16H17NO. The van der Waals surface area contributed by atoms with Gasteiger partial charge in [0.25, 0.3) is 5.91 Å². The number of amides is 1. The summed E-state index contributed by atoms with van der Waals surface area (Å²) in [4.78, 5) is 11.9. The molecule has 2 aromatic carbocycles. The highest BCUT2D eigenvalue weighted by Gasteiger charge is 2.08. The van der Waals surface area contributed by atoms with Gasteiger partial charge in [-0.3, -0.25) is 4.79 Å².